The monoisotopic (exact) mass is 506 g/mol. The smallest absolute Gasteiger partial charge is 0.410 e. The van der Waals surface area contributed by atoms with Crippen LogP contribution in [0.1, 0.15) is 63.0 Å². The number of hydrogen-bond donors (Lipinski definition) is 0. The first-order valence-corrected chi connectivity index (χ1v) is 12.5. The Morgan fingerprint density at radius 1 is 1.14 bits per heavy atom. The molecule has 4 rings (SSSR count). The van der Waals surface area contributed by atoms with Crippen molar-refractivity contribution in [3.63, 3.8) is 0 Å². The zero-order chi connectivity index (χ0) is 27.2. The molecule has 1 aromatic carbocycles. The maximum absolute atomic E-state index is 14.3. The molecule has 3 heterocycles. The van der Waals surface area contributed by atoms with Crippen molar-refractivity contribution in [3.8, 4) is 5.69 Å². The van der Waals surface area contributed by atoms with E-state index in [1.807, 2.05) is 65.4 Å². The summed E-state index contributed by atoms with van der Waals surface area (Å²) in [5.41, 5.74) is 5.33. The summed E-state index contributed by atoms with van der Waals surface area (Å²) in [4.78, 5) is 33.4. The number of benzene rings is 1. The lowest BCUT2D eigenvalue weighted by atomic mass is 9.95. The van der Waals surface area contributed by atoms with Crippen LogP contribution in [0, 0.1) is 12.7 Å². The van der Waals surface area contributed by atoms with E-state index in [0.29, 0.717) is 18.8 Å². The van der Waals surface area contributed by atoms with Crippen LogP contribution in [0.25, 0.3) is 22.2 Å². The Hall–Kier alpha value is -3.68. The second-order valence-corrected chi connectivity index (χ2v) is 11.0. The summed E-state index contributed by atoms with van der Waals surface area (Å²) in [6.45, 7) is 14.4. The Labute approximate surface area is 217 Å². The number of amides is 2. The highest BCUT2D eigenvalue weighted by atomic mass is 19.1. The Balaban J connectivity index is 1.80. The number of aromatic nitrogens is 2. The molecule has 3 aromatic rings. The van der Waals surface area contributed by atoms with Gasteiger partial charge in [0.15, 0.2) is 0 Å². The first-order chi connectivity index (χ1) is 17.3. The van der Waals surface area contributed by atoms with Crippen LogP contribution in [-0.4, -0.2) is 63.1 Å². The molecule has 0 aliphatic carbocycles. The molecule has 1 fully saturated rings. The van der Waals surface area contributed by atoms with E-state index in [4.69, 9.17) is 4.74 Å². The Bertz CT molecular complexity index is 1410. The quantitative estimate of drug-likeness (QED) is 0.437. The fourth-order valence-electron chi connectivity index (χ4n) is 4.44. The molecule has 0 N–H and O–H groups in total. The first kappa shape index (κ1) is 26.4. The van der Waals surface area contributed by atoms with Crippen molar-refractivity contribution in [1.29, 1.82) is 0 Å². The second-order valence-electron chi connectivity index (χ2n) is 11.0. The number of carbonyl (C=O) groups is 2. The number of allylic oxidation sites excluding steroid dienone is 1. The standard InChI is InChI=1S/C29H35FN4O3/c1-17(2)32(8)27(35)22-11-21(30)9-10-24(22)34-16-23(26-18(3)12-31-13-25(26)34)19(4)20-14-33(15-20)28(36)37-29(5,6)7/h9-13,16-17H,14-15H2,1-8H3. The van der Waals surface area contributed by atoms with Crippen molar-refractivity contribution >= 4 is 28.5 Å². The summed E-state index contributed by atoms with van der Waals surface area (Å²) in [5, 5.41) is 1.01. The maximum Gasteiger partial charge on any atom is 0.410 e. The minimum Gasteiger partial charge on any atom is -0.444 e. The molecular weight excluding hydrogens is 471 g/mol. The molecule has 196 valence electrons. The SMILES string of the molecule is CC(=C1CN(C(=O)OC(C)(C)C)C1)c1cn(-c2ccc(F)cc2C(=O)N(C)C(C)C)c2cncc(C)c12. The number of halogens is 1. The van der Waals surface area contributed by atoms with Crippen molar-refractivity contribution in [2.75, 3.05) is 20.1 Å². The summed E-state index contributed by atoms with van der Waals surface area (Å²) >= 11 is 0. The second kappa shape index (κ2) is 9.65. The Kier molecular flexibility index (Phi) is 6.88. The Morgan fingerprint density at radius 2 is 1.81 bits per heavy atom. The van der Waals surface area contributed by atoms with Gasteiger partial charge in [0.1, 0.15) is 11.4 Å². The molecule has 0 unspecified atom stereocenters. The topological polar surface area (TPSA) is 67.7 Å². The van der Waals surface area contributed by atoms with Crippen molar-refractivity contribution < 1.29 is 18.7 Å². The number of pyridine rings is 1. The molecule has 0 saturated carbocycles. The summed E-state index contributed by atoms with van der Waals surface area (Å²) in [6, 6.07) is 4.26. The highest BCUT2D eigenvalue weighted by Gasteiger charge is 2.32. The van der Waals surface area contributed by atoms with Gasteiger partial charge in [0.05, 0.1) is 23.0 Å². The van der Waals surface area contributed by atoms with Crippen LogP contribution in [0.15, 0.2) is 42.4 Å². The van der Waals surface area contributed by atoms with Gasteiger partial charge < -0.3 is 19.1 Å². The van der Waals surface area contributed by atoms with Gasteiger partial charge >= 0.3 is 6.09 Å². The van der Waals surface area contributed by atoms with Crippen LogP contribution in [0.4, 0.5) is 9.18 Å². The van der Waals surface area contributed by atoms with Gasteiger partial charge in [0.2, 0.25) is 0 Å². The molecule has 1 aliphatic rings. The predicted octanol–water partition coefficient (Wildman–Crippen LogP) is 5.98. The largest absolute Gasteiger partial charge is 0.444 e. The van der Waals surface area contributed by atoms with E-state index < -0.39 is 11.4 Å². The summed E-state index contributed by atoms with van der Waals surface area (Å²) in [7, 11) is 1.72. The lowest BCUT2D eigenvalue weighted by Crippen LogP contribution is -2.47. The van der Waals surface area contributed by atoms with E-state index in [-0.39, 0.29) is 23.6 Å². The number of nitrogens with zero attached hydrogens (tertiary/aromatic N) is 4. The summed E-state index contributed by atoms with van der Waals surface area (Å²) in [6.07, 6.45) is 5.24. The van der Waals surface area contributed by atoms with E-state index in [2.05, 4.69) is 4.98 Å². The minimum atomic E-state index is -0.545. The molecule has 2 aromatic heterocycles. The van der Waals surface area contributed by atoms with Crippen LogP contribution in [0.5, 0.6) is 0 Å². The third-order valence-corrected chi connectivity index (χ3v) is 6.80. The van der Waals surface area contributed by atoms with Gasteiger partial charge in [0, 0.05) is 49.5 Å². The average molecular weight is 507 g/mol. The van der Waals surface area contributed by atoms with Crippen molar-refractivity contribution in [3.05, 3.63) is 64.9 Å². The number of hydrogen-bond acceptors (Lipinski definition) is 4. The van der Waals surface area contributed by atoms with Crippen LogP contribution >= 0.6 is 0 Å². The number of ether oxygens (including phenoxy) is 1. The molecular formula is C29H35FN4O3. The lowest BCUT2D eigenvalue weighted by molar-refractivity contribution is 0.0215. The van der Waals surface area contributed by atoms with Gasteiger partial charge in [-0.05, 0) is 83.4 Å². The highest BCUT2D eigenvalue weighted by molar-refractivity contribution is 6.01. The van der Waals surface area contributed by atoms with Crippen LogP contribution in [-0.2, 0) is 4.74 Å². The van der Waals surface area contributed by atoms with E-state index in [0.717, 1.165) is 33.2 Å². The van der Waals surface area contributed by atoms with E-state index >= 15 is 0 Å². The lowest BCUT2D eigenvalue weighted by Gasteiger charge is -2.36. The van der Waals surface area contributed by atoms with E-state index in [1.165, 1.54) is 12.1 Å². The van der Waals surface area contributed by atoms with Gasteiger partial charge in [-0.3, -0.25) is 9.78 Å². The van der Waals surface area contributed by atoms with Gasteiger partial charge in [-0.1, -0.05) is 0 Å². The number of carbonyl (C=O) groups excluding carboxylic acids is 2. The zero-order valence-electron chi connectivity index (χ0n) is 22.8. The molecule has 0 bridgehead atoms. The van der Waals surface area contributed by atoms with Crippen molar-refractivity contribution in [2.45, 2.75) is 60.1 Å². The summed E-state index contributed by atoms with van der Waals surface area (Å²) in [5.74, 6) is -0.721. The maximum atomic E-state index is 14.3. The van der Waals surface area contributed by atoms with Crippen LogP contribution in [0.2, 0.25) is 0 Å². The number of aryl methyl sites for hydroxylation is 1. The van der Waals surface area contributed by atoms with E-state index in [1.54, 1.807) is 29.1 Å². The molecule has 0 radical (unpaired) electrons. The van der Waals surface area contributed by atoms with Gasteiger partial charge in [-0.25, -0.2) is 9.18 Å². The molecule has 8 heteroatoms. The van der Waals surface area contributed by atoms with E-state index in [9.17, 15) is 14.0 Å². The van der Waals surface area contributed by atoms with Crippen LogP contribution < -0.4 is 0 Å². The molecule has 37 heavy (non-hydrogen) atoms. The predicted molar refractivity (Wildman–Crippen MR) is 143 cm³/mol. The van der Waals surface area contributed by atoms with Gasteiger partial charge in [-0.2, -0.15) is 0 Å². The van der Waals surface area contributed by atoms with Crippen molar-refractivity contribution in [2.24, 2.45) is 0 Å². The number of rotatable bonds is 4. The first-order valence-electron chi connectivity index (χ1n) is 12.5. The Morgan fingerprint density at radius 3 is 2.43 bits per heavy atom. The molecule has 2 amide bonds. The zero-order valence-corrected chi connectivity index (χ0v) is 22.8. The number of likely N-dealkylation sites (tertiary alicyclic amines) is 1. The van der Waals surface area contributed by atoms with Gasteiger partial charge in [0.25, 0.3) is 5.91 Å². The molecule has 1 aliphatic heterocycles. The number of fused-ring (bicyclic) bond motifs is 1. The molecule has 7 nitrogen and oxygen atoms in total. The highest BCUT2D eigenvalue weighted by Crippen LogP contribution is 2.36. The third kappa shape index (κ3) is 5.10. The average Bonchev–Trinajstić information content (AvgIpc) is 3.16. The fourth-order valence-corrected chi connectivity index (χ4v) is 4.44. The van der Waals surface area contributed by atoms with Crippen molar-refractivity contribution in [1.82, 2.24) is 19.4 Å². The summed E-state index contributed by atoms with van der Waals surface area (Å²) < 4.78 is 21.7. The normalized spacial score (nSPS) is 13.7. The fraction of sp³-hybridized carbons (Fsp3) is 0.414. The molecule has 1 saturated heterocycles. The third-order valence-electron chi connectivity index (χ3n) is 6.80. The minimum absolute atomic E-state index is 0.0389. The van der Waals surface area contributed by atoms with Crippen LogP contribution in [0.3, 0.4) is 0 Å². The van der Waals surface area contributed by atoms with Gasteiger partial charge in [-0.15, -0.1) is 0 Å². The molecule has 0 atom stereocenters. The molecule has 0 spiro atoms.